The van der Waals surface area contributed by atoms with Gasteiger partial charge in [0, 0.05) is 13.1 Å². The molecule has 130 valence electrons. The van der Waals surface area contributed by atoms with Crippen molar-refractivity contribution >= 4 is 17.8 Å². The molecule has 0 spiro atoms. The zero-order chi connectivity index (χ0) is 17.6. The van der Waals surface area contributed by atoms with E-state index in [1.807, 2.05) is 6.07 Å². The molecule has 1 aliphatic rings. The number of amides is 2. The molecule has 0 radical (unpaired) electrons. The predicted octanol–water partition coefficient (Wildman–Crippen LogP) is 0.315. The first-order valence-corrected chi connectivity index (χ1v) is 8.01. The fourth-order valence-corrected chi connectivity index (χ4v) is 2.74. The van der Waals surface area contributed by atoms with Crippen LogP contribution in [0.25, 0.3) is 0 Å². The van der Waals surface area contributed by atoms with Crippen LogP contribution in [0, 0.1) is 0 Å². The summed E-state index contributed by atoms with van der Waals surface area (Å²) in [6.45, 7) is 1.01. The van der Waals surface area contributed by atoms with E-state index >= 15 is 0 Å². The lowest BCUT2D eigenvalue weighted by atomic mass is 9.93. The Kier molecular flexibility index (Phi) is 5.92. The Morgan fingerprint density at radius 1 is 1.08 bits per heavy atom. The summed E-state index contributed by atoms with van der Waals surface area (Å²) >= 11 is 0. The molecule has 2 rings (SSSR count). The Morgan fingerprint density at radius 3 is 2.29 bits per heavy atom. The maximum atomic E-state index is 12.7. The molecule has 2 amide bonds. The van der Waals surface area contributed by atoms with E-state index in [0.717, 1.165) is 24.8 Å². The van der Waals surface area contributed by atoms with E-state index in [4.69, 9.17) is 16.2 Å². The number of benzene rings is 1. The summed E-state index contributed by atoms with van der Waals surface area (Å²) < 4.78 is 5.19. The normalized spacial score (nSPS) is 17.0. The van der Waals surface area contributed by atoms with Crippen LogP contribution in [0.1, 0.15) is 31.2 Å². The van der Waals surface area contributed by atoms with Crippen molar-refractivity contribution in [3.8, 4) is 0 Å². The quantitative estimate of drug-likeness (QED) is 0.574. The lowest BCUT2D eigenvalue weighted by Gasteiger charge is -2.34. The molecule has 0 bridgehead atoms. The van der Waals surface area contributed by atoms with Gasteiger partial charge in [0.15, 0.2) is 0 Å². The summed E-state index contributed by atoms with van der Waals surface area (Å²) in [7, 11) is 0. The molecule has 1 heterocycles. The lowest BCUT2D eigenvalue weighted by molar-refractivity contribution is -0.161. The second-order valence-corrected chi connectivity index (χ2v) is 6.03. The summed E-state index contributed by atoms with van der Waals surface area (Å²) in [5.74, 6) is -2.35. The van der Waals surface area contributed by atoms with Crippen molar-refractivity contribution in [2.24, 2.45) is 11.5 Å². The minimum atomic E-state index is -2.07. The molecule has 4 N–H and O–H groups in total. The van der Waals surface area contributed by atoms with Crippen LogP contribution in [0.15, 0.2) is 30.3 Å². The summed E-state index contributed by atoms with van der Waals surface area (Å²) in [4.78, 5) is 38.0. The maximum Gasteiger partial charge on any atom is 0.336 e. The monoisotopic (exact) mass is 333 g/mol. The van der Waals surface area contributed by atoms with Gasteiger partial charge in [0.1, 0.15) is 6.61 Å². The number of carbonyl (C=O) groups is 3. The Bertz CT molecular complexity index is 599. The molecule has 7 nitrogen and oxygen atoms in total. The number of ether oxygens (including phenoxy) is 1. The lowest BCUT2D eigenvalue weighted by Crippen LogP contribution is -2.63. The van der Waals surface area contributed by atoms with Crippen LogP contribution in [0.4, 0.5) is 0 Å². The third-order valence-corrected chi connectivity index (χ3v) is 4.05. The third kappa shape index (κ3) is 4.32. The number of piperidine rings is 1. The Labute approximate surface area is 140 Å². The topological polar surface area (TPSA) is 116 Å². The minimum absolute atomic E-state index is 0.0231. The van der Waals surface area contributed by atoms with Crippen molar-refractivity contribution in [1.82, 2.24) is 4.90 Å². The maximum absolute atomic E-state index is 12.7. The first-order chi connectivity index (χ1) is 11.4. The largest absolute Gasteiger partial charge is 0.459 e. The third-order valence-electron chi connectivity index (χ3n) is 4.05. The highest BCUT2D eigenvalue weighted by atomic mass is 16.5. The van der Waals surface area contributed by atoms with Gasteiger partial charge in [0.25, 0.3) is 5.91 Å². The van der Waals surface area contributed by atoms with Crippen LogP contribution in [0.5, 0.6) is 0 Å². The number of nitrogens with zero attached hydrogens (tertiary/aromatic N) is 1. The minimum Gasteiger partial charge on any atom is -0.459 e. The number of nitrogens with two attached hydrogens (primary N) is 2. The molecular formula is C17H23N3O4. The SMILES string of the molecule is NC(=O)CC(N)(C(=O)OCc1ccccc1)C(=O)N1CCCCC1. The summed E-state index contributed by atoms with van der Waals surface area (Å²) in [6.07, 6.45) is 2.14. The number of likely N-dealkylation sites (tertiary alicyclic amines) is 1. The van der Waals surface area contributed by atoms with Gasteiger partial charge in [-0.05, 0) is 24.8 Å². The van der Waals surface area contributed by atoms with Gasteiger partial charge < -0.3 is 21.1 Å². The fraction of sp³-hybridized carbons (Fsp3) is 0.471. The molecule has 1 aliphatic heterocycles. The van der Waals surface area contributed by atoms with E-state index in [9.17, 15) is 14.4 Å². The molecule has 1 unspecified atom stereocenters. The Hall–Kier alpha value is -2.41. The van der Waals surface area contributed by atoms with E-state index in [2.05, 4.69) is 0 Å². The van der Waals surface area contributed by atoms with Crippen molar-refractivity contribution < 1.29 is 19.1 Å². The van der Waals surface area contributed by atoms with E-state index < -0.39 is 29.7 Å². The molecule has 1 saturated heterocycles. The van der Waals surface area contributed by atoms with Crippen molar-refractivity contribution in [2.45, 2.75) is 37.8 Å². The van der Waals surface area contributed by atoms with Gasteiger partial charge in [-0.2, -0.15) is 0 Å². The number of rotatable bonds is 6. The molecule has 1 fully saturated rings. The van der Waals surface area contributed by atoms with E-state index in [0.29, 0.717) is 13.1 Å². The highest BCUT2D eigenvalue weighted by molar-refractivity contribution is 6.10. The van der Waals surface area contributed by atoms with Crippen LogP contribution in [0.2, 0.25) is 0 Å². The average molecular weight is 333 g/mol. The van der Waals surface area contributed by atoms with Gasteiger partial charge in [0.05, 0.1) is 6.42 Å². The average Bonchev–Trinajstić information content (AvgIpc) is 2.60. The van der Waals surface area contributed by atoms with Crippen molar-refractivity contribution in [1.29, 1.82) is 0 Å². The summed E-state index contributed by atoms with van der Waals surface area (Å²) in [5, 5.41) is 0. The summed E-state index contributed by atoms with van der Waals surface area (Å²) in [5.41, 5.74) is 9.90. The van der Waals surface area contributed by atoms with Gasteiger partial charge in [-0.1, -0.05) is 30.3 Å². The molecule has 0 aliphatic carbocycles. The predicted molar refractivity (Wildman–Crippen MR) is 87.4 cm³/mol. The second kappa shape index (κ2) is 7.92. The van der Waals surface area contributed by atoms with Crippen molar-refractivity contribution in [2.75, 3.05) is 13.1 Å². The standard InChI is InChI=1S/C17H23N3O4/c18-14(21)11-17(19,15(22)20-9-5-2-6-10-20)16(23)24-12-13-7-3-1-4-8-13/h1,3-4,7-8H,2,5-6,9-12,19H2,(H2,18,21). The molecule has 1 aromatic rings. The summed E-state index contributed by atoms with van der Waals surface area (Å²) in [6, 6.07) is 9.02. The van der Waals surface area contributed by atoms with Gasteiger partial charge in [0.2, 0.25) is 11.4 Å². The van der Waals surface area contributed by atoms with Gasteiger partial charge in [-0.25, -0.2) is 4.79 Å². The van der Waals surface area contributed by atoms with Crippen LogP contribution >= 0.6 is 0 Å². The molecule has 0 aromatic heterocycles. The highest BCUT2D eigenvalue weighted by Gasteiger charge is 2.47. The van der Waals surface area contributed by atoms with Gasteiger partial charge in [-0.3, -0.25) is 9.59 Å². The molecule has 24 heavy (non-hydrogen) atoms. The fourth-order valence-electron chi connectivity index (χ4n) is 2.74. The van der Waals surface area contributed by atoms with Crippen LogP contribution in [-0.2, 0) is 25.7 Å². The Balaban J connectivity index is 2.11. The van der Waals surface area contributed by atoms with E-state index in [1.165, 1.54) is 4.90 Å². The number of esters is 1. The Morgan fingerprint density at radius 2 is 1.71 bits per heavy atom. The second-order valence-electron chi connectivity index (χ2n) is 6.03. The number of primary amides is 1. The van der Waals surface area contributed by atoms with E-state index in [1.54, 1.807) is 24.3 Å². The molecule has 7 heteroatoms. The van der Waals surface area contributed by atoms with Crippen LogP contribution in [0.3, 0.4) is 0 Å². The van der Waals surface area contributed by atoms with Gasteiger partial charge in [-0.15, -0.1) is 0 Å². The first-order valence-electron chi connectivity index (χ1n) is 8.01. The molecule has 1 aromatic carbocycles. The molecule has 1 atom stereocenters. The van der Waals surface area contributed by atoms with Crippen LogP contribution < -0.4 is 11.5 Å². The number of hydrogen-bond acceptors (Lipinski definition) is 5. The number of hydrogen-bond donors (Lipinski definition) is 2. The number of carbonyl (C=O) groups excluding carboxylic acids is 3. The smallest absolute Gasteiger partial charge is 0.336 e. The zero-order valence-electron chi connectivity index (χ0n) is 13.6. The first kappa shape index (κ1) is 17.9. The highest BCUT2D eigenvalue weighted by Crippen LogP contribution is 2.19. The molecular weight excluding hydrogens is 310 g/mol. The van der Waals surface area contributed by atoms with Crippen molar-refractivity contribution in [3.63, 3.8) is 0 Å². The van der Waals surface area contributed by atoms with Crippen LogP contribution in [-0.4, -0.2) is 41.3 Å². The zero-order valence-corrected chi connectivity index (χ0v) is 13.6. The molecule has 0 saturated carbocycles. The van der Waals surface area contributed by atoms with E-state index in [-0.39, 0.29) is 6.61 Å². The van der Waals surface area contributed by atoms with Gasteiger partial charge >= 0.3 is 5.97 Å². The van der Waals surface area contributed by atoms with Crippen molar-refractivity contribution in [3.05, 3.63) is 35.9 Å².